The lowest BCUT2D eigenvalue weighted by Crippen LogP contribution is -2.33. The zero-order valence-electron chi connectivity index (χ0n) is 10.9. The average Bonchev–Trinajstić information content (AvgIpc) is 2.37. The van der Waals surface area contributed by atoms with Crippen LogP contribution in [0.4, 0.5) is 5.69 Å². The number of benzene rings is 1. The Labute approximate surface area is 113 Å². The Kier molecular flexibility index (Phi) is 3.91. The molecular weight excluding hydrogens is 264 g/mol. The van der Waals surface area contributed by atoms with Crippen LogP contribution in [0.3, 0.4) is 0 Å². The molecule has 1 aliphatic rings. The predicted molar refractivity (Wildman–Crippen MR) is 73.9 cm³/mol. The van der Waals surface area contributed by atoms with Gasteiger partial charge in [0.15, 0.2) is 9.84 Å². The van der Waals surface area contributed by atoms with Crippen LogP contribution in [0.2, 0.25) is 0 Å². The molecule has 0 atom stereocenters. The van der Waals surface area contributed by atoms with Gasteiger partial charge in [-0.15, -0.1) is 0 Å². The van der Waals surface area contributed by atoms with E-state index in [1.54, 1.807) is 23.1 Å². The van der Waals surface area contributed by atoms with Gasteiger partial charge in [-0.2, -0.15) is 0 Å². The van der Waals surface area contributed by atoms with Crippen LogP contribution in [-0.2, 0) is 21.1 Å². The van der Waals surface area contributed by atoms with Gasteiger partial charge in [0.25, 0.3) is 0 Å². The highest BCUT2D eigenvalue weighted by molar-refractivity contribution is 7.91. The molecule has 5 nitrogen and oxygen atoms in total. The summed E-state index contributed by atoms with van der Waals surface area (Å²) in [6.07, 6.45) is 1.65. The Morgan fingerprint density at radius 2 is 2.16 bits per heavy atom. The Bertz CT molecular complexity index is 596. The van der Waals surface area contributed by atoms with Crippen molar-refractivity contribution in [2.75, 3.05) is 23.7 Å². The number of sulfone groups is 1. The van der Waals surface area contributed by atoms with Crippen LogP contribution in [0.15, 0.2) is 23.1 Å². The molecule has 0 saturated heterocycles. The van der Waals surface area contributed by atoms with Crippen LogP contribution in [-0.4, -0.2) is 33.2 Å². The van der Waals surface area contributed by atoms with Gasteiger partial charge < -0.3 is 10.6 Å². The van der Waals surface area contributed by atoms with Crippen molar-refractivity contribution in [1.82, 2.24) is 0 Å². The van der Waals surface area contributed by atoms with Gasteiger partial charge in [-0.1, -0.05) is 0 Å². The first-order valence-electron chi connectivity index (χ1n) is 6.29. The van der Waals surface area contributed by atoms with Crippen LogP contribution in [0.25, 0.3) is 0 Å². The number of carbonyl (C=O) groups excluding carboxylic acids is 1. The SMILES string of the molecule is CC(=O)N1CCCc2cc(S(=O)(=O)CCN)ccc21. The predicted octanol–water partition coefficient (Wildman–Crippen LogP) is 0.718. The smallest absolute Gasteiger partial charge is 0.223 e. The van der Waals surface area contributed by atoms with Crippen molar-refractivity contribution in [3.05, 3.63) is 23.8 Å². The molecule has 1 amide bonds. The maximum atomic E-state index is 12.0. The van der Waals surface area contributed by atoms with Crippen molar-refractivity contribution in [3.63, 3.8) is 0 Å². The summed E-state index contributed by atoms with van der Waals surface area (Å²) in [4.78, 5) is 13.5. The van der Waals surface area contributed by atoms with E-state index in [0.717, 1.165) is 24.1 Å². The summed E-state index contributed by atoms with van der Waals surface area (Å²) in [6, 6.07) is 4.96. The van der Waals surface area contributed by atoms with E-state index in [4.69, 9.17) is 5.73 Å². The molecule has 104 valence electrons. The van der Waals surface area contributed by atoms with Gasteiger partial charge in [0, 0.05) is 25.7 Å². The molecule has 1 heterocycles. The number of rotatable bonds is 3. The first kappa shape index (κ1) is 14.0. The summed E-state index contributed by atoms with van der Waals surface area (Å²) in [6.45, 7) is 2.32. The minimum Gasteiger partial charge on any atom is -0.329 e. The van der Waals surface area contributed by atoms with E-state index in [9.17, 15) is 13.2 Å². The molecule has 1 aromatic rings. The van der Waals surface area contributed by atoms with Crippen LogP contribution >= 0.6 is 0 Å². The second-order valence-corrected chi connectivity index (χ2v) is 6.78. The standard InChI is InChI=1S/C13H18N2O3S/c1-10(16)15-7-2-3-11-9-12(4-5-13(11)15)19(17,18)8-6-14/h4-5,9H,2-3,6-8,14H2,1H3. The van der Waals surface area contributed by atoms with Crippen LogP contribution in [0.5, 0.6) is 0 Å². The quantitative estimate of drug-likeness (QED) is 0.885. The molecule has 1 aromatic carbocycles. The molecular formula is C13H18N2O3S. The van der Waals surface area contributed by atoms with E-state index in [1.165, 1.54) is 6.92 Å². The molecule has 0 bridgehead atoms. The Balaban J connectivity index is 2.42. The highest BCUT2D eigenvalue weighted by Crippen LogP contribution is 2.29. The number of fused-ring (bicyclic) bond motifs is 1. The summed E-state index contributed by atoms with van der Waals surface area (Å²) in [5.41, 5.74) is 7.06. The molecule has 0 saturated carbocycles. The first-order valence-corrected chi connectivity index (χ1v) is 7.95. The minimum atomic E-state index is -3.31. The molecule has 0 radical (unpaired) electrons. The van der Waals surface area contributed by atoms with Gasteiger partial charge in [-0.05, 0) is 36.6 Å². The molecule has 0 unspecified atom stereocenters. The first-order chi connectivity index (χ1) is 8.95. The Hall–Kier alpha value is -1.40. The average molecular weight is 282 g/mol. The summed E-state index contributed by atoms with van der Waals surface area (Å²) < 4.78 is 23.9. The molecule has 2 rings (SSSR count). The third kappa shape index (κ3) is 2.79. The fraction of sp³-hybridized carbons (Fsp3) is 0.462. The molecule has 6 heteroatoms. The van der Waals surface area contributed by atoms with Crippen LogP contribution in [0, 0.1) is 0 Å². The van der Waals surface area contributed by atoms with Gasteiger partial charge in [-0.3, -0.25) is 4.79 Å². The zero-order chi connectivity index (χ0) is 14.0. The van der Waals surface area contributed by atoms with E-state index in [2.05, 4.69) is 0 Å². The number of nitrogens with two attached hydrogens (primary N) is 1. The van der Waals surface area contributed by atoms with Crippen molar-refractivity contribution >= 4 is 21.4 Å². The van der Waals surface area contributed by atoms with E-state index >= 15 is 0 Å². The number of carbonyl (C=O) groups is 1. The Morgan fingerprint density at radius 1 is 1.42 bits per heavy atom. The third-order valence-corrected chi connectivity index (χ3v) is 5.04. The number of aryl methyl sites for hydroxylation is 1. The van der Waals surface area contributed by atoms with E-state index in [-0.39, 0.29) is 18.2 Å². The van der Waals surface area contributed by atoms with Crippen molar-refractivity contribution in [3.8, 4) is 0 Å². The molecule has 2 N–H and O–H groups in total. The van der Waals surface area contributed by atoms with Gasteiger partial charge in [-0.25, -0.2) is 8.42 Å². The lowest BCUT2D eigenvalue weighted by molar-refractivity contribution is -0.116. The molecule has 0 spiro atoms. The maximum Gasteiger partial charge on any atom is 0.223 e. The Morgan fingerprint density at radius 3 is 2.79 bits per heavy atom. The second kappa shape index (κ2) is 5.30. The van der Waals surface area contributed by atoms with Gasteiger partial charge in [0.05, 0.1) is 10.6 Å². The van der Waals surface area contributed by atoms with Crippen LogP contribution < -0.4 is 10.6 Å². The lowest BCUT2D eigenvalue weighted by atomic mass is 10.0. The van der Waals surface area contributed by atoms with E-state index < -0.39 is 9.84 Å². The van der Waals surface area contributed by atoms with Crippen molar-refractivity contribution < 1.29 is 13.2 Å². The third-order valence-electron chi connectivity index (χ3n) is 3.30. The topological polar surface area (TPSA) is 80.5 Å². The number of hydrogen-bond acceptors (Lipinski definition) is 4. The fourth-order valence-electron chi connectivity index (χ4n) is 2.37. The summed E-state index contributed by atoms with van der Waals surface area (Å²) in [5.74, 6) is -0.0686. The maximum absolute atomic E-state index is 12.0. The largest absolute Gasteiger partial charge is 0.329 e. The molecule has 1 aliphatic heterocycles. The molecule has 19 heavy (non-hydrogen) atoms. The van der Waals surface area contributed by atoms with Gasteiger partial charge in [0.1, 0.15) is 0 Å². The second-order valence-electron chi connectivity index (χ2n) is 4.67. The summed E-state index contributed by atoms with van der Waals surface area (Å²) in [7, 11) is -3.31. The number of nitrogens with zero attached hydrogens (tertiary/aromatic N) is 1. The molecule has 0 aliphatic carbocycles. The van der Waals surface area contributed by atoms with Crippen molar-refractivity contribution in [2.45, 2.75) is 24.7 Å². The number of amides is 1. The molecule has 0 aromatic heterocycles. The zero-order valence-corrected chi connectivity index (χ0v) is 11.7. The van der Waals surface area contributed by atoms with E-state index in [1.807, 2.05) is 0 Å². The normalized spacial score (nSPS) is 15.2. The lowest BCUT2D eigenvalue weighted by Gasteiger charge is -2.28. The summed E-state index contributed by atoms with van der Waals surface area (Å²) >= 11 is 0. The summed E-state index contributed by atoms with van der Waals surface area (Å²) in [5, 5.41) is 0. The number of anilines is 1. The van der Waals surface area contributed by atoms with Crippen molar-refractivity contribution in [1.29, 1.82) is 0 Å². The van der Waals surface area contributed by atoms with Crippen molar-refractivity contribution in [2.24, 2.45) is 5.73 Å². The van der Waals surface area contributed by atoms with Gasteiger partial charge in [0.2, 0.25) is 5.91 Å². The highest BCUT2D eigenvalue weighted by Gasteiger charge is 2.22. The minimum absolute atomic E-state index is 0.0153. The highest BCUT2D eigenvalue weighted by atomic mass is 32.2. The van der Waals surface area contributed by atoms with Crippen LogP contribution in [0.1, 0.15) is 18.9 Å². The monoisotopic (exact) mass is 282 g/mol. The fourth-order valence-corrected chi connectivity index (χ4v) is 3.51. The van der Waals surface area contributed by atoms with Gasteiger partial charge >= 0.3 is 0 Å². The molecule has 0 fully saturated rings. The number of hydrogen-bond donors (Lipinski definition) is 1. The van der Waals surface area contributed by atoms with E-state index in [0.29, 0.717) is 11.4 Å².